The van der Waals surface area contributed by atoms with Crippen LogP contribution in [0.2, 0.25) is 0 Å². The number of rotatable bonds is 12. The average Bonchev–Trinajstić information content (AvgIpc) is 2.88. The number of anilines is 2. The van der Waals surface area contributed by atoms with E-state index in [1.54, 1.807) is 16.4 Å². The first-order chi connectivity index (χ1) is 18.2. The van der Waals surface area contributed by atoms with Crippen molar-refractivity contribution in [3.63, 3.8) is 0 Å². The van der Waals surface area contributed by atoms with Gasteiger partial charge in [-0.2, -0.15) is 0 Å². The zero-order valence-corrected chi connectivity index (χ0v) is 23.5. The minimum atomic E-state index is -2.92. The summed E-state index contributed by atoms with van der Waals surface area (Å²) in [5.74, 6) is 0.0331. The molecule has 1 amide bonds. The Morgan fingerprint density at radius 2 is 1.84 bits per heavy atom. The monoisotopic (exact) mass is 544 g/mol. The molecule has 1 saturated heterocycles. The van der Waals surface area contributed by atoms with Gasteiger partial charge in [0.1, 0.15) is 0 Å². The third-order valence-corrected chi connectivity index (χ3v) is 9.92. The SMILES string of the molecule is CCNc1cc(C(=O)N[C@@H](Cc2ccccc2)[C@@H](O)CNC2(CC)CCC2)cc(N2CCCCS2(O)O)c1. The number of β-amino-alcohol motifs (C(OH)–C–C–N with tert-alkyl or cyclic N) is 1. The molecule has 210 valence electrons. The maximum atomic E-state index is 13.6. The van der Waals surface area contributed by atoms with Gasteiger partial charge in [0.2, 0.25) is 0 Å². The molecule has 1 aliphatic heterocycles. The smallest absolute Gasteiger partial charge is 0.251 e. The second-order valence-electron chi connectivity index (χ2n) is 10.6. The van der Waals surface area contributed by atoms with E-state index in [-0.39, 0.29) is 11.4 Å². The van der Waals surface area contributed by atoms with Gasteiger partial charge in [-0.15, -0.1) is 10.8 Å². The van der Waals surface area contributed by atoms with Crippen molar-refractivity contribution in [2.45, 2.75) is 76.5 Å². The van der Waals surface area contributed by atoms with Crippen LogP contribution in [0, 0.1) is 0 Å². The van der Waals surface area contributed by atoms with Crippen LogP contribution in [0.3, 0.4) is 0 Å². The van der Waals surface area contributed by atoms with Crippen molar-refractivity contribution in [2.24, 2.45) is 0 Å². The molecular formula is C29H44N4O4S. The summed E-state index contributed by atoms with van der Waals surface area (Å²) in [7, 11) is -2.92. The number of amides is 1. The minimum absolute atomic E-state index is 0.0925. The number of benzene rings is 2. The van der Waals surface area contributed by atoms with Crippen LogP contribution in [0.5, 0.6) is 0 Å². The van der Waals surface area contributed by atoms with Crippen molar-refractivity contribution in [3.8, 4) is 0 Å². The predicted octanol–water partition coefficient (Wildman–Crippen LogP) is 5.01. The van der Waals surface area contributed by atoms with E-state index in [0.29, 0.717) is 43.1 Å². The zero-order valence-electron chi connectivity index (χ0n) is 22.7. The molecule has 1 aliphatic carbocycles. The molecular weight excluding hydrogens is 500 g/mol. The van der Waals surface area contributed by atoms with Crippen LogP contribution in [0.25, 0.3) is 0 Å². The average molecular weight is 545 g/mol. The van der Waals surface area contributed by atoms with E-state index < -0.39 is 22.9 Å². The summed E-state index contributed by atoms with van der Waals surface area (Å²) < 4.78 is 23.0. The highest BCUT2D eigenvalue weighted by molar-refractivity contribution is 8.25. The number of hydrogen-bond donors (Lipinski definition) is 6. The van der Waals surface area contributed by atoms with Gasteiger partial charge in [0.05, 0.1) is 23.6 Å². The van der Waals surface area contributed by atoms with Crippen LogP contribution >= 0.6 is 10.8 Å². The van der Waals surface area contributed by atoms with Crippen LogP contribution < -0.4 is 20.3 Å². The Morgan fingerprint density at radius 3 is 2.47 bits per heavy atom. The quantitative estimate of drug-likeness (QED) is 0.222. The lowest BCUT2D eigenvalue weighted by Crippen LogP contribution is -2.56. The fourth-order valence-corrected chi connectivity index (χ4v) is 7.10. The number of aliphatic hydroxyl groups is 1. The van der Waals surface area contributed by atoms with Crippen molar-refractivity contribution in [2.75, 3.05) is 35.0 Å². The van der Waals surface area contributed by atoms with Crippen LogP contribution in [0.4, 0.5) is 11.4 Å². The van der Waals surface area contributed by atoms with Crippen molar-refractivity contribution < 1.29 is 19.0 Å². The highest BCUT2D eigenvalue weighted by Gasteiger charge is 2.36. The van der Waals surface area contributed by atoms with E-state index in [9.17, 15) is 19.0 Å². The third kappa shape index (κ3) is 7.01. The van der Waals surface area contributed by atoms with Gasteiger partial charge in [-0.05, 0) is 75.6 Å². The largest absolute Gasteiger partial charge is 0.390 e. The number of aliphatic hydroxyl groups excluding tert-OH is 1. The first kappa shape index (κ1) is 28.7. The number of carbonyl (C=O) groups excluding carboxylic acids is 1. The third-order valence-electron chi connectivity index (χ3n) is 7.98. The summed E-state index contributed by atoms with van der Waals surface area (Å²) >= 11 is 0. The summed E-state index contributed by atoms with van der Waals surface area (Å²) in [6.07, 6.45) is 5.81. The fraction of sp³-hybridized carbons (Fsp3) is 0.552. The molecule has 0 bridgehead atoms. The predicted molar refractivity (Wildman–Crippen MR) is 157 cm³/mol. The Hall–Kier alpha value is -2.30. The topological polar surface area (TPSA) is 117 Å². The standard InChI is InChI=1S/C29H44N4O4S/c1-3-29(13-10-14-29)31-21-27(34)26(17-22-11-6-5-7-12-22)32-28(35)23-18-24(30-4-2)20-25(19-23)33-15-8-9-16-38(33,36)37/h5-7,11-12,18-20,26-27,30-31,34,36-37H,3-4,8-10,13-17,21H2,1-2H3,(H,32,35)/t26-,27-/m0/s1. The molecule has 2 aromatic carbocycles. The van der Waals surface area contributed by atoms with Crippen LogP contribution in [0.15, 0.2) is 48.5 Å². The maximum absolute atomic E-state index is 13.6. The summed E-state index contributed by atoms with van der Waals surface area (Å²) in [5.41, 5.74) is 2.91. The van der Waals surface area contributed by atoms with Crippen LogP contribution in [-0.2, 0) is 6.42 Å². The first-order valence-electron chi connectivity index (χ1n) is 14.0. The molecule has 0 unspecified atom stereocenters. The van der Waals surface area contributed by atoms with E-state index >= 15 is 0 Å². The molecule has 2 atom stereocenters. The van der Waals surface area contributed by atoms with Gasteiger partial charge in [-0.3, -0.25) is 18.2 Å². The Balaban J connectivity index is 1.56. The Morgan fingerprint density at radius 1 is 1.08 bits per heavy atom. The van der Waals surface area contributed by atoms with Crippen molar-refractivity contribution >= 4 is 28.1 Å². The molecule has 1 heterocycles. The molecule has 9 heteroatoms. The molecule has 8 nitrogen and oxygen atoms in total. The van der Waals surface area contributed by atoms with E-state index in [2.05, 4.69) is 22.9 Å². The first-order valence-corrected chi connectivity index (χ1v) is 15.6. The summed E-state index contributed by atoms with van der Waals surface area (Å²) in [6.45, 7) is 5.75. The lowest BCUT2D eigenvalue weighted by molar-refractivity contribution is 0.0754. The van der Waals surface area contributed by atoms with E-state index in [1.165, 1.54) is 6.42 Å². The van der Waals surface area contributed by atoms with Gasteiger partial charge in [-0.25, -0.2) is 0 Å². The Kier molecular flexibility index (Phi) is 9.59. The second-order valence-corrected chi connectivity index (χ2v) is 12.8. The van der Waals surface area contributed by atoms with Crippen LogP contribution in [-0.4, -0.2) is 63.2 Å². The molecule has 1 saturated carbocycles. The second kappa shape index (κ2) is 12.7. The summed E-state index contributed by atoms with van der Waals surface area (Å²) in [6, 6.07) is 14.8. The van der Waals surface area contributed by atoms with Gasteiger partial charge < -0.3 is 21.1 Å². The highest BCUT2D eigenvalue weighted by atomic mass is 32.3. The summed E-state index contributed by atoms with van der Waals surface area (Å²) in [4.78, 5) is 13.6. The molecule has 0 aromatic heterocycles. The van der Waals surface area contributed by atoms with Crippen molar-refractivity contribution in [1.29, 1.82) is 0 Å². The fourth-order valence-electron chi connectivity index (χ4n) is 5.42. The molecule has 0 spiro atoms. The molecule has 2 aliphatic rings. The van der Waals surface area contributed by atoms with E-state index in [0.717, 1.165) is 43.4 Å². The number of nitrogens with one attached hydrogen (secondary N) is 3. The van der Waals surface area contributed by atoms with Crippen molar-refractivity contribution in [3.05, 3.63) is 59.7 Å². The molecule has 0 radical (unpaired) electrons. The van der Waals surface area contributed by atoms with Gasteiger partial charge in [0.25, 0.3) is 5.91 Å². The van der Waals surface area contributed by atoms with Crippen molar-refractivity contribution in [1.82, 2.24) is 10.6 Å². The van der Waals surface area contributed by atoms with E-state index in [1.807, 2.05) is 43.3 Å². The minimum Gasteiger partial charge on any atom is -0.390 e. The highest BCUT2D eigenvalue weighted by Crippen LogP contribution is 2.50. The van der Waals surface area contributed by atoms with Gasteiger partial charge in [0, 0.05) is 36.4 Å². The number of hydrogen-bond acceptors (Lipinski definition) is 7. The molecule has 6 N–H and O–H groups in total. The van der Waals surface area contributed by atoms with Gasteiger partial charge in [0.15, 0.2) is 0 Å². The Labute approximate surface area is 228 Å². The van der Waals surface area contributed by atoms with Crippen LogP contribution in [0.1, 0.15) is 68.3 Å². The number of nitrogens with zero attached hydrogens (tertiary/aromatic N) is 1. The van der Waals surface area contributed by atoms with Gasteiger partial charge >= 0.3 is 0 Å². The molecule has 2 aromatic rings. The summed E-state index contributed by atoms with van der Waals surface area (Å²) in [5, 5.41) is 21.2. The normalized spacial score (nSPS) is 20.6. The lowest BCUT2D eigenvalue weighted by Gasteiger charge is -2.47. The van der Waals surface area contributed by atoms with E-state index in [4.69, 9.17) is 0 Å². The molecule has 38 heavy (non-hydrogen) atoms. The zero-order chi connectivity index (χ0) is 27.2. The Bertz CT molecular complexity index is 1060. The van der Waals surface area contributed by atoms with Gasteiger partial charge in [-0.1, -0.05) is 37.3 Å². The molecule has 4 rings (SSSR count). The molecule has 2 fully saturated rings. The number of carbonyl (C=O) groups is 1. The lowest BCUT2D eigenvalue weighted by atomic mass is 9.74. The maximum Gasteiger partial charge on any atom is 0.251 e.